The van der Waals surface area contributed by atoms with Crippen molar-refractivity contribution in [2.45, 2.75) is 74.0 Å². The lowest BCUT2D eigenvalue weighted by atomic mass is 9.91. The van der Waals surface area contributed by atoms with E-state index in [1.54, 1.807) is 36.4 Å². The van der Waals surface area contributed by atoms with Gasteiger partial charge >= 0.3 is 0 Å². The second-order valence-electron chi connectivity index (χ2n) is 10.4. The molecule has 1 N–H and O–H groups in total. The molecule has 5 rings (SSSR count). The van der Waals surface area contributed by atoms with Gasteiger partial charge in [-0.2, -0.15) is 0 Å². The minimum atomic E-state index is -3.48. The monoisotopic (exact) mass is 515 g/mol. The summed E-state index contributed by atoms with van der Waals surface area (Å²) in [5, 5.41) is 13.3. The molecule has 0 spiro atoms. The van der Waals surface area contributed by atoms with E-state index >= 15 is 0 Å². The smallest absolute Gasteiger partial charge is 0.178 e. The molecule has 2 aromatic rings. The molecule has 2 saturated carbocycles. The van der Waals surface area contributed by atoms with Crippen LogP contribution in [0.25, 0.3) is 11.1 Å². The van der Waals surface area contributed by atoms with E-state index in [1.165, 1.54) is 12.8 Å². The fourth-order valence-corrected chi connectivity index (χ4v) is 9.51. The second-order valence-corrected chi connectivity index (χ2v) is 14.5. The van der Waals surface area contributed by atoms with Crippen molar-refractivity contribution in [2.75, 3.05) is 11.5 Å². The van der Waals surface area contributed by atoms with Crippen molar-refractivity contribution in [1.82, 2.24) is 0 Å². The van der Waals surface area contributed by atoms with Crippen LogP contribution in [0.2, 0.25) is 0 Å². The van der Waals surface area contributed by atoms with E-state index in [4.69, 9.17) is 0 Å². The number of sulfone groups is 2. The highest BCUT2D eigenvalue weighted by atomic mass is 32.2. The summed E-state index contributed by atoms with van der Waals surface area (Å²) in [6.45, 7) is 0. The zero-order chi connectivity index (χ0) is 24.6. The molecule has 35 heavy (non-hydrogen) atoms. The van der Waals surface area contributed by atoms with E-state index in [0.29, 0.717) is 11.1 Å². The average molecular weight is 516 g/mol. The van der Waals surface area contributed by atoms with Crippen LogP contribution in [-0.4, -0.2) is 39.3 Å². The minimum absolute atomic E-state index is 0.133. The van der Waals surface area contributed by atoms with Gasteiger partial charge in [0.15, 0.2) is 19.7 Å². The largest absolute Gasteiger partial charge is 0.410 e. The Kier molecular flexibility index (Phi) is 6.79. The summed E-state index contributed by atoms with van der Waals surface area (Å²) in [7, 11) is -6.96. The van der Waals surface area contributed by atoms with E-state index in [-0.39, 0.29) is 38.8 Å². The molecule has 6 nitrogen and oxygen atoms in total. The third kappa shape index (κ3) is 4.92. The van der Waals surface area contributed by atoms with Crippen molar-refractivity contribution in [3.05, 3.63) is 47.5 Å². The van der Waals surface area contributed by atoms with Crippen LogP contribution in [0, 0.1) is 11.8 Å². The Morgan fingerprint density at radius 3 is 1.40 bits per heavy atom. The Morgan fingerprint density at radius 1 is 0.629 bits per heavy atom. The summed E-state index contributed by atoms with van der Waals surface area (Å²) in [6.07, 6.45) is 10.4. The van der Waals surface area contributed by atoms with Gasteiger partial charge in [0, 0.05) is 11.1 Å². The van der Waals surface area contributed by atoms with Gasteiger partial charge in [-0.25, -0.2) is 16.8 Å². The molecule has 0 amide bonds. The van der Waals surface area contributed by atoms with Crippen LogP contribution in [0.1, 0.15) is 75.3 Å². The summed E-state index contributed by atoms with van der Waals surface area (Å²) in [6, 6.07) is 9.90. The number of rotatable bonds is 6. The first-order chi connectivity index (χ1) is 16.8. The summed E-state index contributed by atoms with van der Waals surface area (Å²) < 4.78 is 52.6. The molecular formula is C27H33NO5S2. The summed E-state index contributed by atoms with van der Waals surface area (Å²) in [4.78, 5) is 0.446. The molecule has 0 radical (unpaired) electrons. The van der Waals surface area contributed by atoms with Crippen LogP contribution in [0.15, 0.2) is 51.3 Å². The van der Waals surface area contributed by atoms with Gasteiger partial charge in [-0.15, -0.1) is 0 Å². The maximum Gasteiger partial charge on any atom is 0.178 e. The highest BCUT2D eigenvalue weighted by molar-refractivity contribution is 7.91. The predicted octanol–water partition coefficient (Wildman–Crippen LogP) is 5.60. The molecule has 0 heterocycles. The highest BCUT2D eigenvalue weighted by Gasteiger charge is 2.31. The Bertz CT molecular complexity index is 1250. The second kappa shape index (κ2) is 9.69. The van der Waals surface area contributed by atoms with Gasteiger partial charge in [0.2, 0.25) is 0 Å². The molecule has 8 heteroatoms. The molecule has 2 fully saturated rings. The third-order valence-electron chi connectivity index (χ3n) is 7.96. The maximum atomic E-state index is 13.2. The van der Waals surface area contributed by atoms with Gasteiger partial charge in [-0.1, -0.05) is 55.8 Å². The zero-order valence-corrected chi connectivity index (χ0v) is 21.6. The minimum Gasteiger partial charge on any atom is -0.410 e. The molecular weight excluding hydrogens is 482 g/mol. The zero-order valence-electron chi connectivity index (χ0n) is 19.9. The van der Waals surface area contributed by atoms with Crippen molar-refractivity contribution < 1.29 is 22.0 Å². The Morgan fingerprint density at radius 2 is 1.03 bits per heavy atom. The highest BCUT2D eigenvalue weighted by Crippen LogP contribution is 2.40. The van der Waals surface area contributed by atoms with Crippen LogP contribution >= 0.6 is 0 Å². The molecule has 0 atom stereocenters. The van der Waals surface area contributed by atoms with Gasteiger partial charge in [0.25, 0.3) is 0 Å². The van der Waals surface area contributed by atoms with Crippen molar-refractivity contribution in [1.29, 1.82) is 0 Å². The van der Waals surface area contributed by atoms with Crippen molar-refractivity contribution in [3.8, 4) is 11.1 Å². The number of benzene rings is 2. The number of hydrogen-bond donors (Lipinski definition) is 1. The first-order valence-corrected chi connectivity index (χ1v) is 16.1. The Balaban J connectivity index is 1.44. The van der Waals surface area contributed by atoms with E-state index in [1.807, 2.05) is 0 Å². The number of hydrogen-bond acceptors (Lipinski definition) is 6. The van der Waals surface area contributed by atoms with Crippen molar-refractivity contribution in [2.24, 2.45) is 17.0 Å². The number of nitrogens with zero attached hydrogens (tertiary/aromatic N) is 1. The predicted molar refractivity (Wildman–Crippen MR) is 137 cm³/mol. The summed E-state index contributed by atoms with van der Waals surface area (Å²) >= 11 is 0. The first-order valence-electron chi connectivity index (χ1n) is 12.8. The van der Waals surface area contributed by atoms with E-state index in [0.717, 1.165) is 62.5 Å². The maximum absolute atomic E-state index is 13.2. The molecule has 0 saturated heterocycles. The van der Waals surface area contributed by atoms with Crippen LogP contribution < -0.4 is 0 Å². The van der Waals surface area contributed by atoms with Gasteiger partial charge in [-0.05, 0) is 72.9 Å². The fraction of sp³-hybridized carbons (Fsp3) is 0.519. The quantitative estimate of drug-likeness (QED) is 0.340. The topological polar surface area (TPSA) is 101 Å². The Hall–Kier alpha value is -2.19. The van der Waals surface area contributed by atoms with Crippen LogP contribution in [0.5, 0.6) is 0 Å². The number of oxime groups is 1. The standard InChI is InChI=1S/C27H33NO5S2/c29-28-27-25-15-21(34(30,31)17-19-7-3-1-4-8-19)11-13-23(25)24-14-12-22(16-26(24)27)35(32,33)18-20-9-5-2-6-10-20/h11-16,19-20,29H,1-10,17-18H2. The molecule has 3 aliphatic carbocycles. The average Bonchev–Trinajstić information content (AvgIpc) is 3.17. The van der Waals surface area contributed by atoms with Gasteiger partial charge < -0.3 is 5.21 Å². The van der Waals surface area contributed by atoms with Crippen molar-refractivity contribution >= 4 is 25.4 Å². The molecule has 0 aromatic heterocycles. The SMILES string of the molecule is O=S(=O)(CC1CCCCC1)c1ccc2c(c1)C(=NO)c1cc(S(=O)(=O)CC3CCCCC3)ccc1-2. The molecule has 188 valence electrons. The summed E-state index contributed by atoms with van der Waals surface area (Å²) in [5.41, 5.74) is 2.77. The molecule has 2 aromatic carbocycles. The molecule has 0 aliphatic heterocycles. The van der Waals surface area contributed by atoms with Crippen LogP contribution in [0.3, 0.4) is 0 Å². The van der Waals surface area contributed by atoms with Gasteiger partial charge in [0.05, 0.1) is 21.3 Å². The lowest BCUT2D eigenvalue weighted by Crippen LogP contribution is -2.19. The lowest BCUT2D eigenvalue weighted by Gasteiger charge is -2.21. The molecule has 0 unspecified atom stereocenters. The van der Waals surface area contributed by atoms with Gasteiger partial charge in [-0.3, -0.25) is 0 Å². The van der Waals surface area contributed by atoms with Crippen LogP contribution in [-0.2, 0) is 19.7 Å². The normalized spacial score (nSPS) is 19.4. The lowest BCUT2D eigenvalue weighted by molar-refractivity contribution is 0.320. The van der Waals surface area contributed by atoms with Crippen LogP contribution in [0.4, 0.5) is 0 Å². The van der Waals surface area contributed by atoms with Crippen molar-refractivity contribution in [3.63, 3.8) is 0 Å². The third-order valence-corrected chi connectivity index (χ3v) is 11.7. The first kappa shape index (κ1) is 24.5. The number of fused-ring (bicyclic) bond motifs is 3. The van der Waals surface area contributed by atoms with E-state index < -0.39 is 19.7 Å². The molecule has 0 bridgehead atoms. The fourth-order valence-electron chi connectivity index (χ4n) is 6.07. The molecule has 3 aliphatic rings. The van der Waals surface area contributed by atoms with Gasteiger partial charge in [0.1, 0.15) is 5.71 Å². The van der Waals surface area contributed by atoms with E-state index in [9.17, 15) is 22.0 Å². The Labute approximate surface area is 208 Å². The van der Waals surface area contributed by atoms with E-state index in [2.05, 4.69) is 5.16 Å². The summed E-state index contributed by atoms with van der Waals surface area (Å²) in [5.74, 6) is 0.631.